The molecule has 1 aliphatic rings. The lowest BCUT2D eigenvalue weighted by molar-refractivity contribution is -0.135. The summed E-state index contributed by atoms with van der Waals surface area (Å²) in [4.78, 5) is 23.2. The van der Waals surface area contributed by atoms with Crippen molar-refractivity contribution < 1.29 is 14.3 Å². The topological polar surface area (TPSA) is 97.9 Å². The van der Waals surface area contributed by atoms with Gasteiger partial charge in [-0.05, 0) is 36.9 Å². The zero-order valence-corrected chi connectivity index (χ0v) is 14.9. The summed E-state index contributed by atoms with van der Waals surface area (Å²) in [7, 11) is 1.25. The SMILES string of the molecule is COC(=O)/C=C1/S/C(=N\N=Cc2cc(C)ccc2-n2cccn2)NC1=O. The first-order chi connectivity index (χ1) is 12.6. The number of carbonyl (C=O) groups excluding carboxylic acids is 2. The summed E-state index contributed by atoms with van der Waals surface area (Å²) >= 11 is 1.02. The molecule has 0 bridgehead atoms. The Morgan fingerprint density at radius 3 is 3.00 bits per heavy atom. The summed E-state index contributed by atoms with van der Waals surface area (Å²) in [5.41, 5.74) is 2.76. The molecule has 2 aromatic rings. The van der Waals surface area contributed by atoms with Crippen LogP contribution in [0.3, 0.4) is 0 Å². The van der Waals surface area contributed by atoms with Crippen LogP contribution in [0, 0.1) is 6.92 Å². The monoisotopic (exact) mass is 369 g/mol. The largest absolute Gasteiger partial charge is 0.466 e. The molecule has 26 heavy (non-hydrogen) atoms. The van der Waals surface area contributed by atoms with Gasteiger partial charge in [0.05, 0.1) is 23.9 Å². The van der Waals surface area contributed by atoms with Gasteiger partial charge >= 0.3 is 5.97 Å². The number of amidine groups is 1. The maximum absolute atomic E-state index is 11.8. The standard InChI is InChI=1S/C17H15N5O3S/c1-11-4-5-13(22-7-3-6-19-22)12(8-11)10-18-21-17-20-16(24)14(26-17)9-15(23)25-2/h3-10H,1-2H3,(H,20,21,24)/b14-9+,18-10?. The minimum absolute atomic E-state index is 0.207. The van der Waals surface area contributed by atoms with Crippen LogP contribution in [0.4, 0.5) is 0 Å². The van der Waals surface area contributed by atoms with Gasteiger partial charge in [0.25, 0.3) is 5.91 Å². The van der Waals surface area contributed by atoms with E-state index in [0.717, 1.165) is 34.7 Å². The Kier molecular flexibility index (Phi) is 5.28. The molecular weight excluding hydrogens is 354 g/mol. The third kappa shape index (κ3) is 4.06. The van der Waals surface area contributed by atoms with Crippen molar-refractivity contribution >= 4 is 35.0 Å². The minimum atomic E-state index is -0.601. The molecule has 0 atom stereocenters. The zero-order chi connectivity index (χ0) is 18.5. The number of nitrogens with zero attached hydrogens (tertiary/aromatic N) is 4. The molecule has 8 nitrogen and oxygen atoms in total. The highest BCUT2D eigenvalue weighted by Crippen LogP contribution is 2.23. The van der Waals surface area contributed by atoms with Crippen LogP contribution < -0.4 is 5.32 Å². The fourth-order valence-corrected chi connectivity index (χ4v) is 2.92. The lowest BCUT2D eigenvalue weighted by atomic mass is 10.1. The lowest BCUT2D eigenvalue weighted by Crippen LogP contribution is -2.19. The Balaban J connectivity index is 1.80. The highest BCUT2D eigenvalue weighted by atomic mass is 32.2. The normalized spacial score (nSPS) is 17.2. The summed E-state index contributed by atoms with van der Waals surface area (Å²) in [6, 6.07) is 7.72. The number of rotatable bonds is 4. The molecule has 1 fully saturated rings. The number of nitrogens with one attached hydrogen (secondary N) is 1. The number of hydrogen-bond donors (Lipinski definition) is 1. The smallest absolute Gasteiger partial charge is 0.331 e. The predicted molar refractivity (Wildman–Crippen MR) is 99.2 cm³/mol. The van der Waals surface area contributed by atoms with E-state index >= 15 is 0 Å². The zero-order valence-electron chi connectivity index (χ0n) is 14.0. The number of hydrogen-bond acceptors (Lipinski definition) is 7. The van der Waals surface area contributed by atoms with Gasteiger partial charge in [-0.3, -0.25) is 10.1 Å². The van der Waals surface area contributed by atoms with E-state index in [1.807, 2.05) is 37.4 Å². The lowest BCUT2D eigenvalue weighted by Gasteiger charge is -2.06. The van der Waals surface area contributed by atoms with Gasteiger partial charge in [-0.25, -0.2) is 9.48 Å². The van der Waals surface area contributed by atoms with Gasteiger partial charge in [0.15, 0.2) is 5.17 Å². The fourth-order valence-electron chi connectivity index (χ4n) is 2.18. The number of carbonyl (C=O) groups is 2. The number of methoxy groups -OCH3 is 1. The molecule has 0 saturated carbocycles. The van der Waals surface area contributed by atoms with Gasteiger partial charge in [-0.15, -0.1) is 5.10 Å². The number of aromatic nitrogens is 2. The molecule has 1 aromatic heterocycles. The molecule has 1 N–H and O–H groups in total. The Morgan fingerprint density at radius 1 is 1.42 bits per heavy atom. The average molecular weight is 369 g/mol. The van der Waals surface area contributed by atoms with E-state index in [0.29, 0.717) is 0 Å². The van der Waals surface area contributed by atoms with E-state index in [-0.39, 0.29) is 10.1 Å². The van der Waals surface area contributed by atoms with Gasteiger partial charge in [0.1, 0.15) is 0 Å². The van der Waals surface area contributed by atoms with Gasteiger partial charge in [0.2, 0.25) is 0 Å². The van der Waals surface area contributed by atoms with Gasteiger partial charge < -0.3 is 4.74 Å². The van der Waals surface area contributed by atoms with Gasteiger partial charge in [-0.1, -0.05) is 11.6 Å². The average Bonchev–Trinajstić information content (AvgIpc) is 3.26. The second kappa shape index (κ2) is 7.79. The van der Waals surface area contributed by atoms with Crippen LogP contribution in [-0.4, -0.2) is 40.1 Å². The molecule has 2 heterocycles. The fraction of sp³-hybridized carbons (Fsp3) is 0.118. The van der Waals surface area contributed by atoms with Crippen molar-refractivity contribution in [2.24, 2.45) is 10.2 Å². The van der Waals surface area contributed by atoms with E-state index in [4.69, 9.17) is 0 Å². The molecule has 1 aliphatic heterocycles. The number of amides is 1. The Hall–Kier alpha value is -3.20. The summed E-state index contributed by atoms with van der Waals surface area (Å²) in [6.07, 6.45) is 6.24. The summed E-state index contributed by atoms with van der Waals surface area (Å²) in [5.74, 6) is -1.02. The van der Waals surface area contributed by atoms with Crippen LogP contribution in [0.2, 0.25) is 0 Å². The van der Waals surface area contributed by atoms with Crippen LogP contribution >= 0.6 is 11.8 Å². The molecule has 0 aliphatic carbocycles. The van der Waals surface area contributed by atoms with Crippen LogP contribution in [-0.2, 0) is 14.3 Å². The molecule has 1 aromatic carbocycles. The molecule has 3 rings (SSSR count). The molecule has 1 saturated heterocycles. The number of ether oxygens (including phenoxy) is 1. The van der Waals surface area contributed by atoms with Crippen molar-refractivity contribution in [3.05, 3.63) is 58.8 Å². The maximum Gasteiger partial charge on any atom is 0.331 e. The highest BCUT2D eigenvalue weighted by molar-refractivity contribution is 8.18. The molecule has 0 radical (unpaired) electrons. The highest BCUT2D eigenvalue weighted by Gasteiger charge is 2.25. The van der Waals surface area contributed by atoms with E-state index < -0.39 is 11.9 Å². The van der Waals surface area contributed by atoms with Crippen LogP contribution in [0.5, 0.6) is 0 Å². The van der Waals surface area contributed by atoms with E-state index in [1.54, 1.807) is 17.1 Å². The maximum atomic E-state index is 11.8. The van der Waals surface area contributed by atoms with Gasteiger partial charge in [-0.2, -0.15) is 10.2 Å². The van der Waals surface area contributed by atoms with Crippen molar-refractivity contribution in [3.63, 3.8) is 0 Å². The van der Waals surface area contributed by atoms with E-state index in [2.05, 4.69) is 25.4 Å². The van der Waals surface area contributed by atoms with E-state index in [1.165, 1.54) is 7.11 Å². The van der Waals surface area contributed by atoms with Gasteiger partial charge in [0, 0.05) is 24.0 Å². The van der Waals surface area contributed by atoms with Crippen molar-refractivity contribution in [1.29, 1.82) is 0 Å². The third-order valence-electron chi connectivity index (χ3n) is 3.38. The van der Waals surface area contributed by atoms with Crippen LogP contribution in [0.1, 0.15) is 11.1 Å². The van der Waals surface area contributed by atoms with Crippen molar-refractivity contribution in [3.8, 4) is 5.69 Å². The number of benzene rings is 1. The molecule has 0 spiro atoms. The minimum Gasteiger partial charge on any atom is -0.466 e. The second-order valence-corrected chi connectivity index (χ2v) is 6.28. The Bertz CT molecular complexity index is 932. The number of esters is 1. The summed E-state index contributed by atoms with van der Waals surface area (Å²) in [6.45, 7) is 1.98. The van der Waals surface area contributed by atoms with Crippen molar-refractivity contribution in [2.45, 2.75) is 6.92 Å². The molecule has 9 heteroatoms. The first-order valence-electron chi connectivity index (χ1n) is 7.57. The third-order valence-corrected chi connectivity index (χ3v) is 4.28. The Labute approximate surface area is 153 Å². The molecule has 0 unspecified atom stereocenters. The molecule has 1 amide bonds. The number of aryl methyl sites for hydroxylation is 1. The molecular formula is C17H15N5O3S. The second-order valence-electron chi connectivity index (χ2n) is 5.25. The van der Waals surface area contributed by atoms with Crippen LogP contribution in [0.25, 0.3) is 5.69 Å². The molecule has 132 valence electrons. The van der Waals surface area contributed by atoms with Crippen molar-refractivity contribution in [1.82, 2.24) is 15.1 Å². The summed E-state index contributed by atoms with van der Waals surface area (Å²) in [5, 5.41) is 15.1. The summed E-state index contributed by atoms with van der Waals surface area (Å²) < 4.78 is 6.24. The first kappa shape index (κ1) is 17.6. The van der Waals surface area contributed by atoms with E-state index in [9.17, 15) is 9.59 Å². The van der Waals surface area contributed by atoms with Crippen molar-refractivity contribution in [2.75, 3.05) is 7.11 Å². The van der Waals surface area contributed by atoms with Crippen LogP contribution in [0.15, 0.2) is 57.8 Å². The predicted octanol–water partition coefficient (Wildman–Crippen LogP) is 1.79. The quantitative estimate of drug-likeness (QED) is 0.383. The Morgan fingerprint density at radius 2 is 2.27 bits per heavy atom. The number of thioether (sulfide) groups is 1. The first-order valence-corrected chi connectivity index (χ1v) is 8.39.